The van der Waals surface area contributed by atoms with Gasteiger partial charge < -0.3 is 9.47 Å². The number of carbonyl (C=O) groups is 2. The van der Waals surface area contributed by atoms with E-state index < -0.39 is 17.7 Å². The molecular weight excluding hydrogens is 282 g/mol. The van der Waals surface area contributed by atoms with Gasteiger partial charge in [0.25, 0.3) is 0 Å². The SMILES string of the molecule is C=C[C@H](C)[C@@H](C)OC(=O)[C@@H]1CCCCN1C(=O)OC(C)(C)C. The fourth-order valence-electron chi connectivity index (χ4n) is 2.28. The summed E-state index contributed by atoms with van der Waals surface area (Å²) in [6.45, 7) is 13.5. The van der Waals surface area contributed by atoms with E-state index in [0.717, 1.165) is 12.8 Å². The average Bonchev–Trinajstić information content (AvgIpc) is 2.44. The Morgan fingerprint density at radius 3 is 2.45 bits per heavy atom. The van der Waals surface area contributed by atoms with Gasteiger partial charge in [0, 0.05) is 12.5 Å². The van der Waals surface area contributed by atoms with Crippen molar-refractivity contribution >= 4 is 12.1 Å². The summed E-state index contributed by atoms with van der Waals surface area (Å²) in [5.41, 5.74) is -0.576. The van der Waals surface area contributed by atoms with E-state index in [9.17, 15) is 9.59 Å². The summed E-state index contributed by atoms with van der Waals surface area (Å²) in [6.07, 6.45) is 3.45. The fourth-order valence-corrected chi connectivity index (χ4v) is 2.28. The highest BCUT2D eigenvalue weighted by molar-refractivity contribution is 5.82. The van der Waals surface area contributed by atoms with Gasteiger partial charge in [-0.25, -0.2) is 9.59 Å². The van der Waals surface area contributed by atoms with Crippen LogP contribution in [0.2, 0.25) is 0 Å². The third-order valence-electron chi connectivity index (χ3n) is 3.82. The van der Waals surface area contributed by atoms with Crippen LogP contribution in [0, 0.1) is 5.92 Å². The Hall–Kier alpha value is -1.52. The van der Waals surface area contributed by atoms with Crippen LogP contribution in [0.4, 0.5) is 4.79 Å². The van der Waals surface area contributed by atoms with Gasteiger partial charge in [-0.05, 0) is 47.0 Å². The molecule has 1 fully saturated rings. The molecule has 126 valence electrons. The van der Waals surface area contributed by atoms with Gasteiger partial charge in [0.05, 0.1) is 0 Å². The first-order chi connectivity index (χ1) is 10.2. The number of carbonyl (C=O) groups excluding carboxylic acids is 2. The molecule has 0 spiro atoms. The van der Waals surface area contributed by atoms with Gasteiger partial charge in [0.15, 0.2) is 0 Å². The van der Waals surface area contributed by atoms with Crippen LogP contribution in [-0.2, 0) is 14.3 Å². The summed E-state index contributed by atoms with van der Waals surface area (Å²) >= 11 is 0. The molecule has 0 unspecified atom stereocenters. The Morgan fingerprint density at radius 2 is 1.91 bits per heavy atom. The Balaban J connectivity index is 2.74. The highest BCUT2D eigenvalue weighted by Crippen LogP contribution is 2.22. The van der Waals surface area contributed by atoms with E-state index in [1.807, 2.05) is 34.6 Å². The molecule has 1 aliphatic rings. The van der Waals surface area contributed by atoms with Gasteiger partial charge in [0.2, 0.25) is 0 Å². The van der Waals surface area contributed by atoms with E-state index in [1.165, 1.54) is 4.90 Å². The maximum absolute atomic E-state index is 12.4. The predicted molar refractivity (Wildman–Crippen MR) is 85.5 cm³/mol. The second-order valence-electron chi connectivity index (χ2n) is 6.92. The molecule has 0 aromatic heterocycles. The van der Waals surface area contributed by atoms with Crippen LogP contribution in [0.1, 0.15) is 53.9 Å². The standard InChI is InChI=1S/C17H29NO4/c1-7-12(2)13(3)21-15(19)14-10-8-9-11-18(14)16(20)22-17(4,5)6/h7,12-14H,1,8-11H2,2-6H3/t12-,13+,14-/m0/s1. The van der Waals surface area contributed by atoms with Crippen molar-refractivity contribution in [1.82, 2.24) is 4.90 Å². The lowest BCUT2D eigenvalue weighted by Gasteiger charge is -2.36. The molecule has 1 aliphatic heterocycles. The zero-order valence-electron chi connectivity index (χ0n) is 14.4. The number of hydrogen-bond acceptors (Lipinski definition) is 4. The third-order valence-corrected chi connectivity index (χ3v) is 3.82. The van der Waals surface area contributed by atoms with Crippen LogP contribution in [0.25, 0.3) is 0 Å². The number of ether oxygens (including phenoxy) is 2. The summed E-state index contributed by atoms with van der Waals surface area (Å²) in [5, 5.41) is 0. The van der Waals surface area contributed by atoms with Crippen molar-refractivity contribution in [2.24, 2.45) is 5.92 Å². The molecule has 3 atom stereocenters. The first-order valence-electron chi connectivity index (χ1n) is 7.98. The number of likely N-dealkylation sites (tertiary alicyclic amines) is 1. The minimum atomic E-state index is -0.576. The minimum Gasteiger partial charge on any atom is -0.461 e. The second kappa shape index (κ2) is 7.65. The van der Waals surface area contributed by atoms with E-state index in [4.69, 9.17) is 9.47 Å². The van der Waals surface area contributed by atoms with Crippen LogP contribution in [0.5, 0.6) is 0 Å². The quantitative estimate of drug-likeness (QED) is 0.589. The van der Waals surface area contributed by atoms with Gasteiger partial charge in [-0.15, -0.1) is 6.58 Å². The van der Waals surface area contributed by atoms with Crippen molar-refractivity contribution in [2.45, 2.75) is 71.6 Å². The molecule has 22 heavy (non-hydrogen) atoms. The summed E-state index contributed by atoms with van der Waals surface area (Å²) < 4.78 is 10.9. The van der Waals surface area contributed by atoms with Gasteiger partial charge in [-0.2, -0.15) is 0 Å². The molecule has 1 rings (SSSR count). The smallest absolute Gasteiger partial charge is 0.411 e. The topological polar surface area (TPSA) is 55.8 Å². The highest BCUT2D eigenvalue weighted by atomic mass is 16.6. The molecule has 5 nitrogen and oxygen atoms in total. The first kappa shape index (κ1) is 18.5. The van der Waals surface area contributed by atoms with Crippen LogP contribution >= 0.6 is 0 Å². The summed E-state index contributed by atoms with van der Waals surface area (Å²) in [5.74, 6) is -0.283. The van der Waals surface area contributed by atoms with Gasteiger partial charge in [0.1, 0.15) is 17.7 Å². The molecule has 1 heterocycles. The maximum Gasteiger partial charge on any atom is 0.411 e. The monoisotopic (exact) mass is 311 g/mol. The zero-order valence-corrected chi connectivity index (χ0v) is 14.4. The molecule has 0 radical (unpaired) electrons. The van der Waals surface area contributed by atoms with Gasteiger partial charge in [-0.3, -0.25) is 4.90 Å². The molecule has 1 amide bonds. The molecule has 0 bridgehead atoms. The van der Waals surface area contributed by atoms with Crippen molar-refractivity contribution < 1.29 is 19.1 Å². The minimum absolute atomic E-state index is 0.0718. The Kier molecular flexibility index (Phi) is 6.45. The zero-order chi connectivity index (χ0) is 16.9. The lowest BCUT2D eigenvalue weighted by molar-refractivity contribution is -0.157. The summed E-state index contributed by atoms with van der Waals surface area (Å²) in [4.78, 5) is 26.2. The Bertz CT molecular complexity index is 413. The van der Waals surface area contributed by atoms with Crippen molar-refractivity contribution in [3.63, 3.8) is 0 Å². The first-order valence-corrected chi connectivity index (χ1v) is 7.98. The highest BCUT2D eigenvalue weighted by Gasteiger charge is 2.36. The van der Waals surface area contributed by atoms with Gasteiger partial charge in [-0.1, -0.05) is 13.0 Å². The van der Waals surface area contributed by atoms with Crippen molar-refractivity contribution in [3.8, 4) is 0 Å². The molecule has 0 aromatic rings. The summed E-state index contributed by atoms with van der Waals surface area (Å²) in [6, 6.07) is -0.553. The maximum atomic E-state index is 12.4. The number of amides is 1. The summed E-state index contributed by atoms with van der Waals surface area (Å²) in [7, 11) is 0. The van der Waals surface area contributed by atoms with Gasteiger partial charge >= 0.3 is 12.1 Å². The molecule has 1 saturated heterocycles. The molecular formula is C17H29NO4. The van der Waals surface area contributed by atoms with Crippen LogP contribution in [0.15, 0.2) is 12.7 Å². The number of hydrogen-bond donors (Lipinski definition) is 0. The van der Waals surface area contributed by atoms with Crippen LogP contribution in [-0.4, -0.2) is 41.3 Å². The van der Waals surface area contributed by atoms with E-state index in [0.29, 0.717) is 13.0 Å². The number of rotatable bonds is 4. The van der Waals surface area contributed by atoms with E-state index in [2.05, 4.69) is 6.58 Å². The van der Waals surface area contributed by atoms with Crippen molar-refractivity contribution in [3.05, 3.63) is 12.7 Å². The third kappa shape index (κ3) is 5.35. The average molecular weight is 311 g/mol. The lowest BCUT2D eigenvalue weighted by atomic mass is 10.0. The Morgan fingerprint density at radius 1 is 1.27 bits per heavy atom. The lowest BCUT2D eigenvalue weighted by Crippen LogP contribution is -2.50. The molecule has 0 N–H and O–H groups in total. The van der Waals surface area contributed by atoms with Crippen molar-refractivity contribution in [2.75, 3.05) is 6.54 Å². The van der Waals surface area contributed by atoms with E-state index >= 15 is 0 Å². The molecule has 0 saturated carbocycles. The van der Waals surface area contributed by atoms with E-state index in [-0.39, 0.29) is 18.0 Å². The van der Waals surface area contributed by atoms with Crippen LogP contribution in [0.3, 0.4) is 0 Å². The van der Waals surface area contributed by atoms with E-state index in [1.54, 1.807) is 6.08 Å². The molecule has 0 aliphatic carbocycles. The molecule has 0 aromatic carbocycles. The molecule has 5 heteroatoms. The predicted octanol–water partition coefficient (Wildman–Crippen LogP) is 3.53. The van der Waals surface area contributed by atoms with Crippen LogP contribution < -0.4 is 0 Å². The Labute approximate surface area is 133 Å². The van der Waals surface area contributed by atoms with Crippen molar-refractivity contribution in [1.29, 1.82) is 0 Å². The largest absolute Gasteiger partial charge is 0.461 e. The number of esters is 1. The second-order valence-corrected chi connectivity index (χ2v) is 6.92. The normalized spacial score (nSPS) is 21.7. The fraction of sp³-hybridized carbons (Fsp3) is 0.765. The number of nitrogens with zero attached hydrogens (tertiary/aromatic N) is 1. The number of piperidine rings is 1.